The minimum absolute atomic E-state index is 0.146. The number of amides is 1. The molecule has 4 heteroatoms. The molecule has 1 amide bonds. The van der Waals surface area contributed by atoms with Crippen molar-refractivity contribution in [1.29, 1.82) is 5.26 Å². The zero-order valence-corrected chi connectivity index (χ0v) is 10.5. The molecule has 0 saturated carbocycles. The van der Waals surface area contributed by atoms with E-state index >= 15 is 0 Å². The molecule has 1 atom stereocenters. The van der Waals surface area contributed by atoms with E-state index in [2.05, 4.69) is 11.4 Å². The van der Waals surface area contributed by atoms with E-state index in [9.17, 15) is 4.79 Å². The van der Waals surface area contributed by atoms with Crippen LogP contribution in [-0.2, 0) is 11.2 Å². The fourth-order valence-corrected chi connectivity index (χ4v) is 1.75. The molecule has 1 aromatic carbocycles. The van der Waals surface area contributed by atoms with Gasteiger partial charge in [0.1, 0.15) is 6.04 Å². The van der Waals surface area contributed by atoms with Crippen molar-refractivity contribution in [1.82, 2.24) is 5.32 Å². The Kier molecular flexibility index (Phi) is 5.51. The molecule has 0 aliphatic carbocycles. The molecule has 0 saturated heterocycles. The van der Waals surface area contributed by atoms with E-state index in [1.54, 1.807) is 18.2 Å². The standard InChI is InChI=1S/C13H15ClN2O/c1-2-4-12(9-15)16-13(17)8-10-5-3-6-11(14)7-10/h3,5-7,12H,2,4,8H2,1H3,(H,16,17). The third-order valence-electron chi connectivity index (χ3n) is 2.32. The van der Waals surface area contributed by atoms with Gasteiger partial charge < -0.3 is 5.32 Å². The predicted octanol–water partition coefficient (Wildman–Crippen LogP) is 2.69. The van der Waals surface area contributed by atoms with Crippen molar-refractivity contribution in [3.63, 3.8) is 0 Å². The highest BCUT2D eigenvalue weighted by atomic mass is 35.5. The lowest BCUT2D eigenvalue weighted by molar-refractivity contribution is -0.120. The molecule has 17 heavy (non-hydrogen) atoms. The lowest BCUT2D eigenvalue weighted by atomic mass is 10.1. The zero-order valence-electron chi connectivity index (χ0n) is 9.74. The highest BCUT2D eigenvalue weighted by molar-refractivity contribution is 6.30. The van der Waals surface area contributed by atoms with Crippen LogP contribution in [0.1, 0.15) is 25.3 Å². The summed E-state index contributed by atoms with van der Waals surface area (Å²) in [4.78, 5) is 11.7. The molecular weight excluding hydrogens is 236 g/mol. The van der Waals surface area contributed by atoms with Crippen LogP contribution in [0.3, 0.4) is 0 Å². The fourth-order valence-electron chi connectivity index (χ4n) is 1.54. The number of nitrogens with one attached hydrogen (secondary N) is 1. The highest BCUT2D eigenvalue weighted by Gasteiger charge is 2.10. The van der Waals surface area contributed by atoms with E-state index in [0.717, 1.165) is 12.0 Å². The summed E-state index contributed by atoms with van der Waals surface area (Å²) in [6, 6.07) is 8.84. The van der Waals surface area contributed by atoms with E-state index in [1.807, 2.05) is 13.0 Å². The zero-order chi connectivity index (χ0) is 12.7. The van der Waals surface area contributed by atoms with E-state index < -0.39 is 6.04 Å². The van der Waals surface area contributed by atoms with Crippen LogP contribution in [0.4, 0.5) is 0 Å². The summed E-state index contributed by atoms with van der Waals surface area (Å²) in [5.41, 5.74) is 0.850. The molecule has 0 aliphatic rings. The van der Waals surface area contributed by atoms with E-state index in [1.165, 1.54) is 0 Å². The summed E-state index contributed by atoms with van der Waals surface area (Å²) >= 11 is 5.83. The van der Waals surface area contributed by atoms with E-state index in [0.29, 0.717) is 11.4 Å². The first-order valence-corrected chi connectivity index (χ1v) is 5.97. The molecule has 1 rings (SSSR count). The molecule has 1 N–H and O–H groups in total. The maximum absolute atomic E-state index is 11.7. The van der Waals surface area contributed by atoms with Gasteiger partial charge in [0.25, 0.3) is 0 Å². The van der Waals surface area contributed by atoms with E-state index in [-0.39, 0.29) is 12.3 Å². The second-order valence-corrected chi connectivity index (χ2v) is 4.28. The minimum Gasteiger partial charge on any atom is -0.340 e. The smallest absolute Gasteiger partial charge is 0.225 e. The molecule has 0 aliphatic heterocycles. The molecule has 0 heterocycles. The molecule has 0 aromatic heterocycles. The number of nitriles is 1. The lowest BCUT2D eigenvalue weighted by Crippen LogP contribution is -2.34. The molecule has 1 unspecified atom stereocenters. The van der Waals surface area contributed by atoms with Crippen LogP contribution in [0, 0.1) is 11.3 Å². The monoisotopic (exact) mass is 250 g/mol. The van der Waals surface area contributed by atoms with Crippen LogP contribution < -0.4 is 5.32 Å². The van der Waals surface area contributed by atoms with Crippen LogP contribution in [0.5, 0.6) is 0 Å². The van der Waals surface area contributed by atoms with Crippen molar-refractivity contribution in [3.05, 3.63) is 34.9 Å². The Morgan fingerprint density at radius 1 is 1.59 bits per heavy atom. The number of carbonyl (C=O) groups excluding carboxylic acids is 1. The Labute approximate surface area is 106 Å². The van der Waals surface area contributed by atoms with Gasteiger partial charge in [-0.15, -0.1) is 0 Å². The van der Waals surface area contributed by atoms with Gasteiger partial charge in [-0.2, -0.15) is 5.26 Å². The Morgan fingerprint density at radius 2 is 2.35 bits per heavy atom. The number of hydrogen-bond donors (Lipinski definition) is 1. The normalized spacial score (nSPS) is 11.6. The topological polar surface area (TPSA) is 52.9 Å². The van der Waals surface area contributed by atoms with E-state index in [4.69, 9.17) is 16.9 Å². The van der Waals surface area contributed by atoms with Crippen molar-refractivity contribution in [2.75, 3.05) is 0 Å². The number of benzene rings is 1. The van der Waals surface area contributed by atoms with Gasteiger partial charge in [-0.05, 0) is 24.1 Å². The average molecular weight is 251 g/mol. The molecule has 0 fully saturated rings. The van der Waals surface area contributed by atoms with Gasteiger partial charge in [-0.3, -0.25) is 4.79 Å². The quantitative estimate of drug-likeness (QED) is 0.874. The molecule has 0 spiro atoms. The molecule has 90 valence electrons. The SMILES string of the molecule is CCCC(C#N)NC(=O)Cc1cccc(Cl)c1. The number of hydrogen-bond acceptors (Lipinski definition) is 2. The first-order chi connectivity index (χ1) is 8.15. The van der Waals surface area contributed by atoms with Crippen LogP contribution >= 0.6 is 11.6 Å². The van der Waals surface area contributed by atoms with Crippen molar-refractivity contribution >= 4 is 17.5 Å². The van der Waals surface area contributed by atoms with Gasteiger partial charge in [0.15, 0.2) is 0 Å². The second kappa shape index (κ2) is 6.93. The second-order valence-electron chi connectivity index (χ2n) is 3.84. The fraction of sp³-hybridized carbons (Fsp3) is 0.385. The summed E-state index contributed by atoms with van der Waals surface area (Å²) in [7, 11) is 0. The Hall–Kier alpha value is -1.53. The maximum atomic E-state index is 11.7. The third-order valence-corrected chi connectivity index (χ3v) is 2.56. The first-order valence-electron chi connectivity index (χ1n) is 5.59. The van der Waals surface area contributed by atoms with Gasteiger partial charge in [-0.25, -0.2) is 0 Å². The van der Waals surface area contributed by atoms with Crippen molar-refractivity contribution < 1.29 is 4.79 Å². The number of halogens is 1. The van der Waals surface area contributed by atoms with Gasteiger partial charge in [0.05, 0.1) is 12.5 Å². The Morgan fingerprint density at radius 3 is 2.94 bits per heavy atom. The maximum Gasteiger partial charge on any atom is 0.225 e. The number of nitrogens with zero attached hydrogens (tertiary/aromatic N) is 1. The minimum atomic E-state index is -0.397. The number of rotatable bonds is 5. The highest BCUT2D eigenvalue weighted by Crippen LogP contribution is 2.11. The number of carbonyl (C=O) groups is 1. The molecule has 1 aromatic rings. The summed E-state index contributed by atoms with van der Waals surface area (Å²) in [5, 5.41) is 12.1. The van der Waals surface area contributed by atoms with Gasteiger partial charge in [0.2, 0.25) is 5.91 Å². The molecule has 0 radical (unpaired) electrons. The van der Waals surface area contributed by atoms with Gasteiger partial charge in [0, 0.05) is 5.02 Å². The van der Waals surface area contributed by atoms with Gasteiger partial charge >= 0.3 is 0 Å². The first kappa shape index (κ1) is 13.5. The Balaban J connectivity index is 2.52. The lowest BCUT2D eigenvalue weighted by Gasteiger charge is -2.10. The van der Waals surface area contributed by atoms with Crippen molar-refractivity contribution in [2.24, 2.45) is 0 Å². The summed E-state index contributed by atoms with van der Waals surface area (Å²) in [6.07, 6.45) is 1.80. The summed E-state index contributed by atoms with van der Waals surface area (Å²) in [6.45, 7) is 1.98. The average Bonchev–Trinajstić information content (AvgIpc) is 2.28. The summed E-state index contributed by atoms with van der Waals surface area (Å²) in [5.74, 6) is -0.146. The molecular formula is C13H15ClN2O. The van der Waals surface area contributed by atoms with Crippen molar-refractivity contribution in [3.8, 4) is 6.07 Å². The summed E-state index contributed by atoms with van der Waals surface area (Å²) < 4.78 is 0. The van der Waals surface area contributed by atoms with Crippen LogP contribution in [0.2, 0.25) is 5.02 Å². The van der Waals surface area contributed by atoms with Crippen LogP contribution in [0.15, 0.2) is 24.3 Å². The van der Waals surface area contributed by atoms with Crippen LogP contribution in [-0.4, -0.2) is 11.9 Å². The Bertz CT molecular complexity index is 426. The van der Waals surface area contributed by atoms with Gasteiger partial charge in [-0.1, -0.05) is 37.1 Å². The molecule has 0 bridgehead atoms. The predicted molar refractivity (Wildman–Crippen MR) is 67.6 cm³/mol. The van der Waals surface area contributed by atoms with Crippen LogP contribution in [0.25, 0.3) is 0 Å². The molecule has 3 nitrogen and oxygen atoms in total. The third kappa shape index (κ3) is 4.88. The van der Waals surface area contributed by atoms with Crippen molar-refractivity contribution in [2.45, 2.75) is 32.2 Å². The largest absolute Gasteiger partial charge is 0.340 e.